The number of nitrogens with one attached hydrogen (secondary N) is 1. The molecule has 0 aromatic heterocycles. The van der Waals surface area contributed by atoms with Crippen molar-refractivity contribution in [1.29, 1.82) is 0 Å². The molecule has 1 aromatic rings. The minimum absolute atomic E-state index is 0.117. The Morgan fingerprint density at radius 1 is 1.15 bits per heavy atom. The van der Waals surface area contributed by atoms with Gasteiger partial charge in [-0.2, -0.15) is 0 Å². The van der Waals surface area contributed by atoms with Crippen LogP contribution in [0.3, 0.4) is 0 Å². The maximum absolute atomic E-state index is 11.9. The zero-order valence-electron chi connectivity index (χ0n) is 11.5. The van der Waals surface area contributed by atoms with E-state index in [2.05, 4.69) is 5.32 Å². The fourth-order valence-electron chi connectivity index (χ4n) is 1.99. The molecule has 0 unspecified atom stereocenters. The molecule has 1 heterocycles. The summed E-state index contributed by atoms with van der Waals surface area (Å²) in [7, 11) is 1.57. The van der Waals surface area contributed by atoms with Gasteiger partial charge in [0.15, 0.2) is 5.78 Å². The number of allylic oxidation sites excluding steroid dienone is 1. The largest absolute Gasteiger partial charge is 0.497 e. The van der Waals surface area contributed by atoms with Gasteiger partial charge in [0.1, 0.15) is 5.75 Å². The predicted molar refractivity (Wildman–Crippen MR) is 75.9 cm³/mol. The van der Waals surface area contributed by atoms with Crippen LogP contribution in [0.1, 0.15) is 10.4 Å². The molecule has 0 bridgehead atoms. The predicted octanol–water partition coefficient (Wildman–Crippen LogP) is 0.866. The number of methoxy groups -OCH3 is 1. The lowest BCUT2D eigenvalue weighted by Gasteiger charge is -2.26. The number of ketones is 1. The van der Waals surface area contributed by atoms with Crippen molar-refractivity contribution in [2.24, 2.45) is 0 Å². The van der Waals surface area contributed by atoms with Gasteiger partial charge in [0, 0.05) is 37.8 Å². The molecular formula is C15H18N2O3. The Bertz CT molecular complexity index is 502. The van der Waals surface area contributed by atoms with Gasteiger partial charge in [0.05, 0.1) is 7.11 Å². The van der Waals surface area contributed by atoms with E-state index in [1.54, 1.807) is 36.3 Å². The second kappa shape index (κ2) is 6.86. The summed E-state index contributed by atoms with van der Waals surface area (Å²) in [6.45, 7) is 2.96. The van der Waals surface area contributed by atoms with Crippen LogP contribution in [0.4, 0.5) is 0 Å². The number of carbonyl (C=O) groups is 2. The summed E-state index contributed by atoms with van der Waals surface area (Å²) in [5, 5.41) is 3.17. The fraction of sp³-hybridized carbons (Fsp3) is 0.333. The molecular weight excluding hydrogens is 256 g/mol. The number of piperazine rings is 1. The molecule has 1 fully saturated rings. The van der Waals surface area contributed by atoms with Gasteiger partial charge in [-0.15, -0.1) is 0 Å². The van der Waals surface area contributed by atoms with Gasteiger partial charge < -0.3 is 15.0 Å². The van der Waals surface area contributed by atoms with Gasteiger partial charge >= 0.3 is 0 Å². The first-order valence-corrected chi connectivity index (χ1v) is 6.57. The Morgan fingerprint density at radius 2 is 1.80 bits per heavy atom. The van der Waals surface area contributed by atoms with Gasteiger partial charge in [-0.1, -0.05) is 0 Å². The van der Waals surface area contributed by atoms with Gasteiger partial charge in [0.25, 0.3) is 0 Å². The minimum atomic E-state index is -0.184. The first-order valence-electron chi connectivity index (χ1n) is 6.57. The van der Waals surface area contributed by atoms with Crippen LogP contribution in [-0.2, 0) is 4.79 Å². The second-order valence-electron chi connectivity index (χ2n) is 4.50. The number of benzene rings is 1. The Kier molecular flexibility index (Phi) is 4.90. The van der Waals surface area contributed by atoms with Gasteiger partial charge in [-0.3, -0.25) is 9.59 Å². The van der Waals surface area contributed by atoms with Crippen LogP contribution in [0.25, 0.3) is 0 Å². The Morgan fingerprint density at radius 3 is 2.40 bits per heavy atom. The van der Waals surface area contributed by atoms with Crippen molar-refractivity contribution in [2.75, 3.05) is 33.3 Å². The molecule has 2 rings (SSSR count). The molecule has 1 saturated heterocycles. The maximum atomic E-state index is 11.9. The second-order valence-corrected chi connectivity index (χ2v) is 4.50. The zero-order chi connectivity index (χ0) is 14.4. The summed E-state index contributed by atoms with van der Waals surface area (Å²) < 4.78 is 5.03. The summed E-state index contributed by atoms with van der Waals surface area (Å²) >= 11 is 0. The summed E-state index contributed by atoms with van der Waals surface area (Å²) in [5.74, 6) is 0.395. The van der Waals surface area contributed by atoms with Crippen molar-refractivity contribution >= 4 is 11.7 Å². The molecule has 1 aromatic carbocycles. The van der Waals surface area contributed by atoms with E-state index >= 15 is 0 Å². The molecule has 106 valence electrons. The number of amides is 1. The highest BCUT2D eigenvalue weighted by Crippen LogP contribution is 2.12. The number of carbonyl (C=O) groups excluding carboxylic acids is 2. The van der Waals surface area contributed by atoms with Crippen molar-refractivity contribution in [1.82, 2.24) is 10.2 Å². The minimum Gasteiger partial charge on any atom is -0.497 e. The van der Waals surface area contributed by atoms with Crippen LogP contribution < -0.4 is 10.1 Å². The van der Waals surface area contributed by atoms with Crippen molar-refractivity contribution in [3.63, 3.8) is 0 Å². The lowest BCUT2D eigenvalue weighted by Crippen LogP contribution is -2.45. The van der Waals surface area contributed by atoms with E-state index < -0.39 is 0 Å². The van der Waals surface area contributed by atoms with Crippen molar-refractivity contribution in [3.05, 3.63) is 42.0 Å². The Hall–Kier alpha value is -2.14. The summed E-state index contributed by atoms with van der Waals surface area (Å²) in [5.41, 5.74) is 0.537. The van der Waals surface area contributed by atoms with Crippen LogP contribution in [0.5, 0.6) is 5.75 Å². The van der Waals surface area contributed by atoms with Crippen LogP contribution >= 0.6 is 0 Å². The van der Waals surface area contributed by atoms with Crippen LogP contribution in [0, 0.1) is 0 Å². The number of nitrogens with zero attached hydrogens (tertiary/aromatic N) is 1. The van der Waals surface area contributed by atoms with Crippen molar-refractivity contribution in [2.45, 2.75) is 0 Å². The average molecular weight is 274 g/mol. The highest BCUT2D eigenvalue weighted by molar-refractivity contribution is 6.07. The van der Waals surface area contributed by atoms with E-state index in [9.17, 15) is 9.59 Å². The van der Waals surface area contributed by atoms with Crippen molar-refractivity contribution in [3.8, 4) is 5.75 Å². The van der Waals surface area contributed by atoms with Gasteiger partial charge in [-0.05, 0) is 30.3 Å². The monoisotopic (exact) mass is 274 g/mol. The van der Waals surface area contributed by atoms with Crippen LogP contribution in [0.15, 0.2) is 36.4 Å². The SMILES string of the molecule is COc1ccc(C(=O)/C=C/C(=O)N2CCNCC2)cc1. The van der Waals surface area contributed by atoms with E-state index in [-0.39, 0.29) is 11.7 Å². The molecule has 1 N–H and O–H groups in total. The van der Waals surface area contributed by atoms with Gasteiger partial charge in [0.2, 0.25) is 5.91 Å². The number of ether oxygens (including phenoxy) is 1. The highest BCUT2D eigenvalue weighted by Gasteiger charge is 2.13. The lowest BCUT2D eigenvalue weighted by molar-refractivity contribution is -0.126. The standard InChI is InChI=1S/C15H18N2O3/c1-20-13-4-2-12(3-5-13)14(18)6-7-15(19)17-10-8-16-9-11-17/h2-7,16H,8-11H2,1H3/b7-6+. The van der Waals surface area contributed by atoms with E-state index in [0.717, 1.165) is 13.1 Å². The van der Waals surface area contributed by atoms with E-state index in [1.807, 2.05) is 0 Å². The molecule has 0 spiro atoms. The zero-order valence-corrected chi connectivity index (χ0v) is 11.5. The molecule has 0 aliphatic carbocycles. The fourth-order valence-corrected chi connectivity index (χ4v) is 1.99. The van der Waals surface area contributed by atoms with Crippen LogP contribution in [-0.4, -0.2) is 49.9 Å². The molecule has 1 aliphatic heterocycles. The molecule has 5 nitrogen and oxygen atoms in total. The lowest BCUT2D eigenvalue weighted by atomic mass is 10.1. The Labute approximate surface area is 118 Å². The first-order chi connectivity index (χ1) is 9.70. The molecule has 0 saturated carbocycles. The van der Waals surface area contributed by atoms with Gasteiger partial charge in [-0.25, -0.2) is 0 Å². The third-order valence-electron chi connectivity index (χ3n) is 3.18. The number of hydrogen-bond donors (Lipinski definition) is 1. The van der Waals surface area contributed by atoms with E-state index in [0.29, 0.717) is 24.4 Å². The van der Waals surface area contributed by atoms with Crippen LogP contribution in [0.2, 0.25) is 0 Å². The van der Waals surface area contributed by atoms with E-state index in [1.165, 1.54) is 12.2 Å². The van der Waals surface area contributed by atoms with E-state index in [4.69, 9.17) is 4.74 Å². The summed E-state index contributed by atoms with van der Waals surface area (Å²) in [6, 6.07) is 6.81. The maximum Gasteiger partial charge on any atom is 0.246 e. The number of hydrogen-bond acceptors (Lipinski definition) is 4. The molecule has 20 heavy (non-hydrogen) atoms. The quantitative estimate of drug-likeness (QED) is 0.653. The third-order valence-corrected chi connectivity index (χ3v) is 3.18. The smallest absolute Gasteiger partial charge is 0.246 e. The summed E-state index contributed by atoms with van der Waals surface area (Å²) in [6.07, 6.45) is 2.67. The molecule has 5 heteroatoms. The van der Waals surface area contributed by atoms with Crippen molar-refractivity contribution < 1.29 is 14.3 Å². The molecule has 0 atom stereocenters. The normalized spacial score (nSPS) is 15.3. The number of rotatable bonds is 4. The topological polar surface area (TPSA) is 58.6 Å². The molecule has 1 amide bonds. The highest BCUT2D eigenvalue weighted by atomic mass is 16.5. The third kappa shape index (κ3) is 3.68. The molecule has 1 aliphatic rings. The Balaban J connectivity index is 1.95. The summed E-state index contributed by atoms with van der Waals surface area (Å²) in [4.78, 5) is 25.5. The first kappa shape index (κ1) is 14.3. The average Bonchev–Trinajstić information content (AvgIpc) is 2.53. The molecule has 0 radical (unpaired) electrons.